The molecule has 0 saturated heterocycles. The van der Waals surface area contributed by atoms with Crippen LogP contribution in [-0.2, 0) is 17.6 Å². The first-order valence-corrected chi connectivity index (χ1v) is 9.67. The Kier molecular flexibility index (Phi) is 5.35. The highest BCUT2D eigenvalue weighted by atomic mass is 35.5. The van der Waals surface area contributed by atoms with Crippen molar-refractivity contribution >= 4 is 34.0 Å². The number of hydrogen-bond acceptors (Lipinski definition) is 4. The lowest BCUT2D eigenvalue weighted by atomic mass is 9.73. The highest BCUT2D eigenvalue weighted by molar-refractivity contribution is 7.15. The van der Waals surface area contributed by atoms with Crippen LogP contribution in [-0.4, -0.2) is 17.5 Å². The van der Waals surface area contributed by atoms with Gasteiger partial charge in [0.25, 0.3) is 5.91 Å². The van der Waals surface area contributed by atoms with Crippen LogP contribution in [0.5, 0.6) is 5.75 Å². The number of carbonyl (C=O) groups is 1. The fraction of sp³-hybridized carbons (Fsp3) is 0.474. The van der Waals surface area contributed by atoms with E-state index < -0.39 is 0 Å². The molecule has 0 fully saturated rings. The van der Waals surface area contributed by atoms with Crippen molar-refractivity contribution in [2.45, 2.75) is 40.0 Å². The quantitative estimate of drug-likeness (QED) is 0.817. The van der Waals surface area contributed by atoms with Crippen molar-refractivity contribution in [1.29, 1.82) is 0 Å². The summed E-state index contributed by atoms with van der Waals surface area (Å²) in [7, 11) is 0. The zero-order valence-electron chi connectivity index (χ0n) is 14.8. The SMILES string of the molecule is CC(C)(C)C1CCc2nc(NC(=O)COc3cccc(Cl)c3)sc2C1. The molecular weight excluding hydrogens is 356 g/mol. The van der Waals surface area contributed by atoms with E-state index in [1.54, 1.807) is 35.6 Å². The van der Waals surface area contributed by atoms with Gasteiger partial charge in [-0.15, -0.1) is 11.3 Å². The number of carbonyl (C=O) groups excluding carboxylic acids is 1. The Morgan fingerprint density at radius 1 is 1.44 bits per heavy atom. The van der Waals surface area contributed by atoms with E-state index in [0.29, 0.717) is 27.2 Å². The summed E-state index contributed by atoms with van der Waals surface area (Å²) in [6.07, 6.45) is 3.19. The molecule has 1 N–H and O–H groups in total. The number of rotatable bonds is 4. The molecule has 4 nitrogen and oxygen atoms in total. The highest BCUT2D eigenvalue weighted by Crippen LogP contribution is 2.40. The second-order valence-corrected chi connectivity index (χ2v) is 9.01. The molecule has 1 aromatic heterocycles. The van der Waals surface area contributed by atoms with Crippen molar-refractivity contribution in [1.82, 2.24) is 4.98 Å². The van der Waals surface area contributed by atoms with Crippen LogP contribution in [0.15, 0.2) is 24.3 Å². The van der Waals surface area contributed by atoms with Crippen molar-refractivity contribution in [3.05, 3.63) is 39.9 Å². The van der Waals surface area contributed by atoms with Gasteiger partial charge in [0.1, 0.15) is 5.75 Å². The minimum atomic E-state index is -0.210. The first kappa shape index (κ1) is 18.2. The van der Waals surface area contributed by atoms with Gasteiger partial charge in [-0.05, 0) is 48.8 Å². The number of amides is 1. The molecule has 25 heavy (non-hydrogen) atoms. The number of thiazole rings is 1. The van der Waals surface area contributed by atoms with Gasteiger partial charge < -0.3 is 4.74 Å². The fourth-order valence-corrected chi connectivity index (χ4v) is 4.31. The first-order valence-electron chi connectivity index (χ1n) is 8.48. The largest absolute Gasteiger partial charge is 0.484 e. The summed E-state index contributed by atoms with van der Waals surface area (Å²) in [6, 6.07) is 7.01. The first-order chi connectivity index (χ1) is 11.8. The third-order valence-corrected chi connectivity index (χ3v) is 5.85. The summed E-state index contributed by atoms with van der Waals surface area (Å²) >= 11 is 7.49. The van der Waals surface area contributed by atoms with Crippen molar-refractivity contribution in [3.8, 4) is 5.75 Å². The van der Waals surface area contributed by atoms with E-state index in [0.717, 1.165) is 25.0 Å². The molecule has 1 aliphatic carbocycles. The Morgan fingerprint density at radius 3 is 2.96 bits per heavy atom. The van der Waals surface area contributed by atoms with Crippen LogP contribution in [0.1, 0.15) is 37.8 Å². The second kappa shape index (κ2) is 7.34. The van der Waals surface area contributed by atoms with E-state index in [2.05, 4.69) is 31.1 Å². The molecule has 1 unspecified atom stereocenters. The maximum atomic E-state index is 12.1. The number of nitrogens with zero attached hydrogens (tertiary/aromatic N) is 1. The Labute approximate surface area is 157 Å². The molecule has 1 amide bonds. The molecule has 134 valence electrons. The predicted molar refractivity (Wildman–Crippen MR) is 103 cm³/mol. The number of hydrogen-bond donors (Lipinski definition) is 1. The van der Waals surface area contributed by atoms with Crippen LogP contribution >= 0.6 is 22.9 Å². The Balaban J connectivity index is 1.57. The molecule has 2 aromatic rings. The maximum Gasteiger partial charge on any atom is 0.264 e. The van der Waals surface area contributed by atoms with Gasteiger partial charge in [0.15, 0.2) is 11.7 Å². The normalized spacial score (nSPS) is 17.0. The summed E-state index contributed by atoms with van der Waals surface area (Å²) < 4.78 is 5.46. The molecular formula is C19H23ClN2O2S. The average Bonchev–Trinajstić information content (AvgIpc) is 2.93. The number of ether oxygens (including phenoxy) is 1. The zero-order chi connectivity index (χ0) is 18.0. The van der Waals surface area contributed by atoms with Crippen LogP contribution < -0.4 is 10.1 Å². The summed E-state index contributed by atoms with van der Waals surface area (Å²) in [5, 5.41) is 4.10. The molecule has 0 spiro atoms. The van der Waals surface area contributed by atoms with Gasteiger partial charge >= 0.3 is 0 Å². The van der Waals surface area contributed by atoms with Gasteiger partial charge in [-0.2, -0.15) is 0 Å². The maximum absolute atomic E-state index is 12.1. The summed E-state index contributed by atoms with van der Waals surface area (Å²) in [5.74, 6) is 1.03. The fourth-order valence-electron chi connectivity index (χ4n) is 3.03. The third-order valence-electron chi connectivity index (χ3n) is 4.58. The van der Waals surface area contributed by atoms with Crippen molar-refractivity contribution in [2.75, 3.05) is 11.9 Å². The van der Waals surface area contributed by atoms with E-state index in [1.807, 2.05) is 0 Å². The topological polar surface area (TPSA) is 51.2 Å². The second-order valence-electron chi connectivity index (χ2n) is 7.49. The van der Waals surface area contributed by atoms with E-state index in [-0.39, 0.29) is 12.5 Å². The lowest BCUT2D eigenvalue weighted by Gasteiger charge is -2.33. The Morgan fingerprint density at radius 2 is 2.24 bits per heavy atom. The molecule has 3 rings (SSSR count). The lowest BCUT2D eigenvalue weighted by Crippen LogP contribution is -2.26. The molecule has 0 aliphatic heterocycles. The number of anilines is 1. The van der Waals surface area contributed by atoms with E-state index in [4.69, 9.17) is 16.3 Å². The number of benzene rings is 1. The number of halogens is 1. The third kappa shape index (κ3) is 4.73. The summed E-state index contributed by atoms with van der Waals surface area (Å²) in [4.78, 5) is 18.0. The van der Waals surface area contributed by atoms with E-state index in [9.17, 15) is 4.79 Å². The molecule has 6 heteroatoms. The van der Waals surface area contributed by atoms with Crippen molar-refractivity contribution in [2.24, 2.45) is 11.3 Å². The van der Waals surface area contributed by atoms with Crippen LogP contribution in [0.25, 0.3) is 0 Å². The zero-order valence-corrected chi connectivity index (χ0v) is 16.3. The van der Waals surface area contributed by atoms with Crippen LogP contribution in [0, 0.1) is 11.3 Å². The standard InChI is InChI=1S/C19H23ClN2O2S/c1-19(2,3)12-7-8-15-16(9-12)25-18(21-15)22-17(23)11-24-14-6-4-5-13(20)10-14/h4-6,10,12H,7-9,11H2,1-3H3,(H,21,22,23). The lowest BCUT2D eigenvalue weighted by molar-refractivity contribution is -0.118. The number of aryl methyl sites for hydroxylation is 1. The van der Waals surface area contributed by atoms with Gasteiger partial charge in [0.2, 0.25) is 0 Å². The van der Waals surface area contributed by atoms with Gasteiger partial charge in [-0.1, -0.05) is 38.4 Å². The molecule has 0 bridgehead atoms. The molecule has 0 radical (unpaired) electrons. The Hall–Kier alpha value is -1.59. The van der Waals surface area contributed by atoms with Crippen LogP contribution in [0.4, 0.5) is 5.13 Å². The highest BCUT2D eigenvalue weighted by Gasteiger charge is 2.30. The molecule has 1 atom stereocenters. The van der Waals surface area contributed by atoms with Crippen LogP contribution in [0.2, 0.25) is 5.02 Å². The number of fused-ring (bicyclic) bond motifs is 1. The van der Waals surface area contributed by atoms with E-state index in [1.165, 1.54) is 4.88 Å². The molecule has 0 saturated carbocycles. The monoisotopic (exact) mass is 378 g/mol. The van der Waals surface area contributed by atoms with Crippen LogP contribution in [0.3, 0.4) is 0 Å². The Bertz CT molecular complexity index is 767. The van der Waals surface area contributed by atoms with Gasteiger partial charge in [0, 0.05) is 9.90 Å². The smallest absolute Gasteiger partial charge is 0.264 e. The minimum Gasteiger partial charge on any atom is -0.484 e. The van der Waals surface area contributed by atoms with Gasteiger partial charge in [0.05, 0.1) is 5.69 Å². The van der Waals surface area contributed by atoms with Gasteiger partial charge in [-0.25, -0.2) is 4.98 Å². The van der Waals surface area contributed by atoms with Gasteiger partial charge in [-0.3, -0.25) is 10.1 Å². The van der Waals surface area contributed by atoms with Crippen molar-refractivity contribution in [3.63, 3.8) is 0 Å². The molecule has 1 aliphatic rings. The molecule has 1 aromatic carbocycles. The molecule has 1 heterocycles. The summed E-state index contributed by atoms with van der Waals surface area (Å²) in [5.41, 5.74) is 1.44. The predicted octanol–water partition coefficient (Wildman–Crippen LogP) is 4.97. The average molecular weight is 379 g/mol. The number of aromatic nitrogens is 1. The van der Waals surface area contributed by atoms with E-state index >= 15 is 0 Å². The number of nitrogens with one attached hydrogen (secondary N) is 1. The minimum absolute atomic E-state index is 0.0603. The summed E-state index contributed by atoms with van der Waals surface area (Å²) in [6.45, 7) is 6.81. The van der Waals surface area contributed by atoms with Crippen molar-refractivity contribution < 1.29 is 9.53 Å².